The molecule has 272 valence electrons. The Morgan fingerprint density at radius 2 is 1.02 bits per heavy atom. The van der Waals surface area contributed by atoms with Crippen molar-refractivity contribution in [3.05, 3.63) is 78.4 Å². The number of ether oxygens (including phenoxy) is 2. The highest BCUT2D eigenvalue weighted by Gasteiger charge is 2.87. The van der Waals surface area contributed by atoms with E-state index in [1.165, 1.54) is 0 Å². The maximum Gasteiger partial charge on any atom is 0.411 e. The number of H-pyrrole nitrogens is 2. The highest BCUT2D eigenvalue weighted by atomic mass is 16.6. The van der Waals surface area contributed by atoms with Gasteiger partial charge in [-0.15, -0.1) is 0 Å². The largest absolute Gasteiger partial charge is 0.444 e. The average molecular weight is 720 g/mol. The summed E-state index contributed by atoms with van der Waals surface area (Å²) in [6.45, 7) is 11.5. The fourth-order valence-corrected chi connectivity index (χ4v) is 10.3. The van der Waals surface area contributed by atoms with E-state index in [4.69, 9.17) is 24.4 Å². The number of hydrogen-bond donors (Lipinski definition) is 2. The molecule has 4 saturated heterocycles. The summed E-state index contributed by atoms with van der Waals surface area (Å²) in [5.74, 6) is 5.06. The molecule has 54 heavy (non-hydrogen) atoms. The fraction of sp³-hybridized carbons (Fsp3) is 0.419. The molecule has 2 amide bonds. The zero-order valence-electron chi connectivity index (χ0n) is 31.0. The van der Waals surface area contributed by atoms with E-state index >= 15 is 0 Å². The third-order valence-corrected chi connectivity index (χ3v) is 12.7. The fourth-order valence-electron chi connectivity index (χ4n) is 10.3. The van der Waals surface area contributed by atoms with Gasteiger partial charge in [0.05, 0.1) is 45.4 Å². The van der Waals surface area contributed by atoms with E-state index in [-0.39, 0.29) is 24.3 Å². The van der Waals surface area contributed by atoms with E-state index in [1.54, 1.807) is 0 Å². The van der Waals surface area contributed by atoms with Crippen LogP contribution in [0.3, 0.4) is 0 Å². The first-order chi connectivity index (χ1) is 25.8. The smallest absolute Gasteiger partial charge is 0.411 e. The van der Waals surface area contributed by atoms with Crippen molar-refractivity contribution in [1.29, 1.82) is 0 Å². The summed E-state index contributed by atoms with van der Waals surface area (Å²) in [5, 5.41) is 1.05. The topological polar surface area (TPSA) is 129 Å². The summed E-state index contributed by atoms with van der Waals surface area (Å²) in [4.78, 5) is 52.3. The Bertz CT molecular complexity index is 2450. The first-order valence-electron chi connectivity index (χ1n) is 19.2. The molecule has 4 bridgehead atoms. The lowest BCUT2D eigenvalue weighted by Gasteiger charge is -2.27. The van der Waals surface area contributed by atoms with E-state index in [2.05, 4.69) is 70.6 Å². The third-order valence-electron chi connectivity index (χ3n) is 12.7. The Kier molecular flexibility index (Phi) is 5.62. The van der Waals surface area contributed by atoms with Crippen molar-refractivity contribution in [2.45, 2.75) is 76.9 Å². The summed E-state index contributed by atoms with van der Waals surface area (Å²) in [6, 6.07) is 23.6. The number of fused-ring (bicyclic) bond motifs is 5. The number of pyridine rings is 1. The lowest BCUT2D eigenvalue weighted by molar-refractivity contribution is 0.0195. The molecular weight excluding hydrogens is 679 g/mol. The highest BCUT2D eigenvalue weighted by molar-refractivity contribution is 5.90. The Morgan fingerprint density at radius 3 is 1.54 bits per heavy atom. The van der Waals surface area contributed by atoms with Gasteiger partial charge < -0.3 is 19.4 Å². The minimum atomic E-state index is -0.536. The van der Waals surface area contributed by atoms with Crippen LogP contribution in [-0.2, 0) is 9.47 Å². The van der Waals surface area contributed by atoms with Crippen molar-refractivity contribution in [1.82, 2.24) is 34.7 Å². The lowest BCUT2D eigenvalue weighted by atomic mass is 10.0. The molecule has 14 rings (SSSR count). The third kappa shape index (κ3) is 4.38. The molecule has 10 atom stereocenters. The first-order valence-corrected chi connectivity index (χ1v) is 19.2. The Labute approximate surface area is 311 Å². The van der Waals surface area contributed by atoms with Crippen molar-refractivity contribution >= 4 is 45.2 Å². The van der Waals surface area contributed by atoms with Crippen molar-refractivity contribution < 1.29 is 19.1 Å². The molecule has 7 heterocycles. The lowest BCUT2D eigenvalue weighted by Crippen LogP contribution is -2.37. The van der Waals surface area contributed by atoms with Gasteiger partial charge in [-0.25, -0.2) is 24.5 Å². The number of nitrogens with one attached hydrogen (secondary N) is 2. The number of piperidine rings is 2. The number of imidazole rings is 2. The standard InChI is InChI=1S/C43H41N7O4/c1-42(2,3)53-40(51)49-34-28-29(34)32(28)36(49)38-45-24-13-8-19(16-26(24)47-38)18-7-11-22-20(15-18)9-12-23(44-22)21-10-14-25-27(17-21)48-39(46-25)37-33-30-31(33)35(30)50(37)41(52)54-43(4,5)6/h7-17,28-37H,1-6H3,(H,45,47)(H,46,48)/t28-,29?,30-,31?,32?,33?,34+,35+,36+,37+/m1/s1. The molecular formula is C43H41N7O4. The second-order valence-electron chi connectivity index (χ2n) is 18.4. The van der Waals surface area contributed by atoms with Gasteiger partial charge in [0.15, 0.2) is 0 Å². The van der Waals surface area contributed by atoms with Gasteiger partial charge in [-0.3, -0.25) is 9.80 Å². The van der Waals surface area contributed by atoms with Crippen LogP contribution in [-0.4, -0.2) is 70.2 Å². The summed E-state index contributed by atoms with van der Waals surface area (Å²) in [7, 11) is 0. The summed E-state index contributed by atoms with van der Waals surface area (Å²) < 4.78 is 11.6. The van der Waals surface area contributed by atoms with Gasteiger partial charge in [-0.2, -0.15) is 0 Å². The molecule has 6 aromatic rings. The van der Waals surface area contributed by atoms with Crippen LogP contribution in [0.4, 0.5) is 9.59 Å². The van der Waals surface area contributed by atoms with E-state index in [9.17, 15) is 9.59 Å². The van der Waals surface area contributed by atoms with Gasteiger partial charge >= 0.3 is 12.2 Å². The van der Waals surface area contributed by atoms with Crippen molar-refractivity contribution in [2.24, 2.45) is 35.5 Å². The zero-order chi connectivity index (χ0) is 36.7. The van der Waals surface area contributed by atoms with Crippen LogP contribution in [0.25, 0.3) is 55.4 Å². The minimum absolute atomic E-state index is 0.0547. The van der Waals surface area contributed by atoms with Crippen molar-refractivity contribution in [2.75, 3.05) is 0 Å². The SMILES string of the molecule is CC(C)(C)OC(=O)N1[C@H](c2nc3ccc(-c4ccc5nc(-c6ccc7nc([C@@H]8C9C%10[C@H]9[C@@H]%10N8C(=O)OC(C)(C)C)[nH]c7c6)ccc5c4)cc3[nH]2)C2C3[C@H]2[C@@H]31. The molecule has 0 spiro atoms. The molecule has 11 nitrogen and oxygen atoms in total. The van der Waals surface area contributed by atoms with Gasteiger partial charge in [0.2, 0.25) is 0 Å². The van der Waals surface area contributed by atoms with Crippen LogP contribution < -0.4 is 0 Å². The molecule has 2 N–H and O–H groups in total. The second-order valence-corrected chi connectivity index (χ2v) is 18.4. The Morgan fingerprint density at radius 1 is 0.556 bits per heavy atom. The summed E-state index contributed by atoms with van der Waals surface area (Å²) in [5.41, 5.74) is 7.58. The molecule has 11 heteroatoms. The molecule has 3 aromatic carbocycles. The molecule has 4 aliphatic heterocycles. The number of nitrogens with zero attached hydrogens (tertiary/aromatic N) is 5. The van der Waals surface area contributed by atoms with E-state index in [0.29, 0.717) is 47.6 Å². The highest BCUT2D eigenvalue weighted by Crippen LogP contribution is 2.82. The van der Waals surface area contributed by atoms with Gasteiger partial charge in [-0.1, -0.05) is 24.3 Å². The maximum absolute atomic E-state index is 13.2. The number of aromatic amines is 2. The molecule has 8 fully saturated rings. The molecule has 0 radical (unpaired) electrons. The number of hydrogen-bond acceptors (Lipinski definition) is 7. The van der Waals surface area contributed by atoms with Crippen LogP contribution in [0, 0.1) is 35.5 Å². The molecule has 4 unspecified atom stereocenters. The normalized spacial score (nSPS) is 30.9. The number of amides is 2. The summed E-state index contributed by atoms with van der Waals surface area (Å²) >= 11 is 0. The van der Waals surface area contributed by atoms with Crippen molar-refractivity contribution in [3.63, 3.8) is 0 Å². The molecule has 3 aromatic heterocycles. The van der Waals surface area contributed by atoms with Crippen LogP contribution in [0.2, 0.25) is 0 Å². The summed E-state index contributed by atoms with van der Waals surface area (Å²) in [6.07, 6.45) is -0.477. The predicted molar refractivity (Wildman–Crippen MR) is 202 cm³/mol. The Balaban J connectivity index is 0.798. The maximum atomic E-state index is 13.2. The van der Waals surface area contributed by atoms with Gasteiger partial charge in [0.1, 0.15) is 22.9 Å². The van der Waals surface area contributed by atoms with Crippen LogP contribution >= 0.6 is 0 Å². The zero-order valence-corrected chi connectivity index (χ0v) is 31.0. The van der Waals surface area contributed by atoms with Crippen molar-refractivity contribution in [3.8, 4) is 22.4 Å². The minimum Gasteiger partial charge on any atom is -0.444 e. The quantitative estimate of drug-likeness (QED) is 0.187. The van der Waals surface area contributed by atoms with Gasteiger partial charge in [0.25, 0.3) is 0 Å². The monoisotopic (exact) mass is 719 g/mol. The van der Waals surface area contributed by atoms with E-state index in [0.717, 1.165) is 67.0 Å². The van der Waals surface area contributed by atoms with Gasteiger partial charge in [0, 0.05) is 23.0 Å². The van der Waals surface area contributed by atoms with E-state index in [1.807, 2.05) is 57.4 Å². The van der Waals surface area contributed by atoms with Crippen LogP contribution in [0.5, 0.6) is 0 Å². The number of carbonyl (C=O) groups is 2. The average Bonchev–Trinajstić information content (AvgIpc) is 4.04. The molecule has 4 saturated carbocycles. The number of aromatic nitrogens is 5. The second kappa shape index (κ2) is 9.80. The molecule has 4 aliphatic carbocycles. The predicted octanol–water partition coefficient (Wildman–Crippen LogP) is 8.39. The van der Waals surface area contributed by atoms with Gasteiger partial charge in [-0.05, 0) is 131 Å². The van der Waals surface area contributed by atoms with Crippen LogP contribution in [0.15, 0.2) is 66.7 Å². The Hall–Kier alpha value is -5.45. The molecule has 8 aliphatic rings. The number of rotatable bonds is 4. The van der Waals surface area contributed by atoms with Crippen LogP contribution in [0.1, 0.15) is 65.3 Å². The first kappa shape index (κ1) is 31.0. The number of benzene rings is 3. The van der Waals surface area contributed by atoms with E-state index < -0.39 is 11.2 Å². The number of carbonyl (C=O) groups excluding carboxylic acids is 2.